The molecule has 3 heterocycles. The fourth-order valence-corrected chi connectivity index (χ4v) is 6.16. The number of thioether (sulfide) groups is 1. The number of para-hydroxylation sites is 2. The molecule has 0 spiro atoms. The quantitative estimate of drug-likeness (QED) is 0.201. The molecule has 0 N–H and O–H groups in total. The van der Waals surface area contributed by atoms with E-state index in [1.807, 2.05) is 62.0 Å². The van der Waals surface area contributed by atoms with Crippen LogP contribution < -0.4 is 15.4 Å². The van der Waals surface area contributed by atoms with Gasteiger partial charge in [0.25, 0.3) is 5.56 Å². The minimum absolute atomic E-state index is 0.0256. The van der Waals surface area contributed by atoms with Gasteiger partial charge in [0, 0.05) is 25.5 Å². The minimum atomic E-state index is -0.288. The second kappa shape index (κ2) is 9.65. The number of hydrogen-bond donors (Lipinski definition) is 0. The van der Waals surface area contributed by atoms with Gasteiger partial charge in [-0.15, -0.1) is 11.3 Å². The maximum atomic E-state index is 13.3. The Bertz CT molecular complexity index is 1380. The zero-order valence-electron chi connectivity index (χ0n) is 20.0. The Balaban J connectivity index is 1.67. The third-order valence-corrected chi connectivity index (χ3v) is 8.25. The first kappa shape index (κ1) is 24.0. The molecular formula is C25H27N5O2S2. The molecule has 0 fully saturated rings. The number of allylic oxidation sites excluding steroid dienone is 1. The van der Waals surface area contributed by atoms with E-state index in [-0.39, 0.29) is 22.7 Å². The number of benzene rings is 1. The first-order chi connectivity index (χ1) is 16.3. The Hall–Kier alpha value is -3.09. The second-order valence-electron chi connectivity index (χ2n) is 8.30. The number of ketones is 1. The molecule has 1 aliphatic heterocycles. The predicted molar refractivity (Wildman–Crippen MR) is 140 cm³/mol. The molecule has 0 amide bonds. The van der Waals surface area contributed by atoms with Gasteiger partial charge in [0.1, 0.15) is 22.3 Å². The number of aryl methyl sites for hydroxylation is 2. The molecule has 0 atom stereocenters. The summed E-state index contributed by atoms with van der Waals surface area (Å²) < 4.78 is 1.69. The van der Waals surface area contributed by atoms with Gasteiger partial charge >= 0.3 is 0 Å². The lowest BCUT2D eigenvalue weighted by Crippen LogP contribution is -2.27. The van der Waals surface area contributed by atoms with Crippen molar-refractivity contribution in [3.63, 3.8) is 0 Å². The Labute approximate surface area is 207 Å². The molecule has 1 aliphatic rings. The normalized spacial score (nSPS) is 12.9. The molecule has 0 saturated carbocycles. The fraction of sp³-hybridized carbons (Fsp3) is 0.360. The van der Waals surface area contributed by atoms with E-state index in [2.05, 4.69) is 13.0 Å². The summed E-state index contributed by atoms with van der Waals surface area (Å²) >= 11 is 2.73. The van der Waals surface area contributed by atoms with Crippen LogP contribution in [0.5, 0.6) is 0 Å². The molecule has 0 aliphatic carbocycles. The van der Waals surface area contributed by atoms with Crippen molar-refractivity contribution >= 4 is 50.5 Å². The summed E-state index contributed by atoms with van der Waals surface area (Å²) in [5, 5.41) is 11.1. The van der Waals surface area contributed by atoms with Gasteiger partial charge in [0.15, 0.2) is 10.9 Å². The summed E-state index contributed by atoms with van der Waals surface area (Å²) in [6, 6.07) is 9.91. The zero-order valence-corrected chi connectivity index (χ0v) is 21.6. The van der Waals surface area contributed by atoms with Crippen molar-refractivity contribution in [2.24, 2.45) is 0 Å². The molecule has 9 heteroatoms. The summed E-state index contributed by atoms with van der Waals surface area (Å²) in [5.41, 5.74) is 2.90. The van der Waals surface area contributed by atoms with E-state index in [0.717, 1.165) is 34.7 Å². The summed E-state index contributed by atoms with van der Waals surface area (Å²) in [7, 11) is 3.71. The number of carbonyl (C=O) groups is 1. The van der Waals surface area contributed by atoms with Crippen LogP contribution in [0.1, 0.15) is 30.2 Å². The lowest BCUT2D eigenvalue weighted by atomic mass is 10.2. The zero-order chi connectivity index (χ0) is 24.6. The number of aromatic nitrogens is 2. The molecule has 0 unspecified atom stereocenters. The molecule has 34 heavy (non-hydrogen) atoms. The topological polar surface area (TPSA) is 82.2 Å². The number of unbranched alkanes of at least 4 members (excludes halogenated alkanes) is 1. The Morgan fingerprint density at radius 1 is 1.18 bits per heavy atom. The van der Waals surface area contributed by atoms with Crippen LogP contribution in [0.15, 0.2) is 45.6 Å². The third-order valence-electron chi connectivity index (χ3n) is 6.18. The van der Waals surface area contributed by atoms with Crippen LogP contribution in [0.4, 0.5) is 11.4 Å². The lowest BCUT2D eigenvalue weighted by Gasteiger charge is -2.20. The molecule has 176 valence electrons. The number of hydrogen-bond acceptors (Lipinski definition) is 8. The molecule has 3 aromatic rings. The third kappa shape index (κ3) is 4.01. The van der Waals surface area contributed by atoms with Crippen LogP contribution in [-0.4, -0.2) is 35.2 Å². The SMILES string of the molecule is CCCCn1c(SCC(=O)C(C#N)=C2N(C)c3ccccc3N2C)nc2sc(C)c(C)c2c1=O. The second-order valence-corrected chi connectivity index (χ2v) is 10.4. The number of Topliss-reactive ketones (excluding diaryl/α,β-unsaturated/α-hetero) is 1. The number of anilines is 2. The summed E-state index contributed by atoms with van der Waals surface area (Å²) in [6.45, 7) is 6.57. The van der Waals surface area contributed by atoms with Crippen molar-refractivity contribution in [3.8, 4) is 6.07 Å². The first-order valence-electron chi connectivity index (χ1n) is 11.2. The molecule has 0 saturated heterocycles. The number of thiophene rings is 1. The van der Waals surface area contributed by atoms with Gasteiger partial charge in [-0.1, -0.05) is 37.2 Å². The van der Waals surface area contributed by atoms with Gasteiger partial charge in [0.2, 0.25) is 0 Å². The van der Waals surface area contributed by atoms with Crippen LogP contribution >= 0.6 is 23.1 Å². The van der Waals surface area contributed by atoms with E-state index in [1.54, 1.807) is 4.57 Å². The summed E-state index contributed by atoms with van der Waals surface area (Å²) in [5.74, 6) is 0.298. The largest absolute Gasteiger partial charge is 0.328 e. The van der Waals surface area contributed by atoms with Gasteiger partial charge in [-0.2, -0.15) is 5.26 Å². The smallest absolute Gasteiger partial charge is 0.263 e. The van der Waals surface area contributed by atoms with Crippen LogP contribution in [0, 0.1) is 25.2 Å². The molecular weight excluding hydrogens is 466 g/mol. The van der Waals surface area contributed by atoms with Crippen LogP contribution in [0.2, 0.25) is 0 Å². The van der Waals surface area contributed by atoms with E-state index < -0.39 is 0 Å². The number of nitriles is 1. The standard InChI is InChI=1S/C25H27N5O2S2/c1-6-7-12-30-24(32)21-15(2)16(3)34-22(21)27-25(30)33-14-20(31)17(13-26)23-28(4)18-10-8-9-11-19(18)29(23)5/h8-11H,6-7,12,14H2,1-5H3. The van der Waals surface area contributed by atoms with Crippen molar-refractivity contribution in [2.75, 3.05) is 29.6 Å². The molecule has 0 bridgehead atoms. The van der Waals surface area contributed by atoms with Gasteiger partial charge < -0.3 is 9.80 Å². The number of fused-ring (bicyclic) bond motifs is 2. The van der Waals surface area contributed by atoms with Crippen LogP contribution in [0.3, 0.4) is 0 Å². The average molecular weight is 494 g/mol. The van der Waals surface area contributed by atoms with Crippen molar-refractivity contribution in [3.05, 3.63) is 56.5 Å². The molecule has 7 nitrogen and oxygen atoms in total. The summed E-state index contributed by atoms with van der Waals surface area (Å²) in [4.78, 5) is 36.8. The Kier molecular flexibility index (Phi) is 6.82. The van der Waals surface area contributed by atoms with Gasteiger partial charge in [-0.3, -0.25) is 14.2 Å². The maximum absolute atomic E-state index is 13.3. The Morgan fingerprint density at radius 3 is 2.41 bits per heavy atom. The van der Waals surface area contributed by atoms with Gasteiger partial charge in [-0.05, 0) is 38.0 Å². The van der Waals surface area contributed by atoms with E-state index in [1.165, 1.54) is 23.1 Å². The van der Waals surface area contributed by atoms with Crippen LogP contribution in [-0.2, 0) is 11.3 Å². The van der Waals surface area contributed by atoms with Crippen molar-refractivity contribution in [2.45, 2.75) is 45.3 Å². The lowest BCUT2D eigenvalue weighted by molar-refractivity contribution is -0.112. The van der Waals surface area contributed by atoms with Crippen molar-refractivity contribution < 1.29 is 4.79 Å². The van der Waals surface area contributed by atoms with E-state index in [4.69, 9.17) is 4.98 Å². The highest BCUT2D eigenvalue weighted by atomic mass is 32.2. The number of nitrogens with zero attached hydrogens (tertiary/aromatic N) is 5. The highest BCUT2D eigenvalue weighted by Gasteiger charge is 2.31. The predicted octanol–water partition coefficient (Wildman–Crippen LogP) is 4.86. The molecule has 0 radical (unpaired) electrons. The maximum Gasteiger partial charge on any atom is 0.263 e. The van der Waals surface area contributed by atoms with Crippen molar-refractivity contribution in [1.29, 1.82) is 5.26 Å². The minimum Gasteiger partial charge on any atom is -0.328 e. The highest BCUT2D eigenvalue weighted by molar-refractivity contribution is 7.99. The van der Waals surface area contributed by atoms with E-state index in [9.17, 15) is 14.9 Å². The monoisotopic (exact) mass is 493 g/mol. The number of carbonyl (C=O) groups excluding carboxylic acids is 1. The van der Waals surface area contributed by atoms with E-state index >= 15 is 0 Å². The fourth-order valence-electron chi connectivity index (χ4n) is 4.19. The van der Waals surface area contributed by atoms with E-state index in [0.29, 0.717) is 27.7 Å². The summed E-state index contributed by atoms with van der Waals surface area (Å²) in [6.07, 6.45) is 1.79. The molecule has 4 rings (SSSR count). The van der Waals surface area contributed by atoms with Crippen molar-refractivity contribution in [1.82, 2.24) is 9.55 Å². The number of rotatable bonds is 7. The van der Waals surface area contributed by atoms with Crippen LogP contribution in [0.25, 0.3) is 10.2 Å². The molecule has 1 aromatic carbocycles. The average Bonchev–Trinajstić information content (AvgIpc) is 3.25. The highest BCUT2D eigenvalue weighted by Crippen LogP contribution is 2.40. The van der Waals surface area contributed by atoms with Gasteiger partial charge in [-0.25, -0.2) is 4.98 Å². The molecule has 2 aromatic heterocycles. The van der Waals surface area contributed by atoms with Gasteiger partial charge in [0.05, 0.1) is 22.5 Å². The Morgan fingerprint density at radius 2 is 1.82 bits per heavy atom. The first-order valence-corrected chi connectivity index (χ1v) is 13.0.